The molecule has 0 aromatic rings. The van der Waals surface area contributed by atoms with Gasteiger partial charge in [0.1, 0.15) is 49.8 Å². The predicted octanol–water partition coefficient (Wildman–Crippen LogP) is -5.18. The van der Waals surface area contributed by atoms with E-state index in [-0.39, 0.29) is 51.7 Å². The van der Waals surface area contributed by atoms with Crippen LogP contribution in [0.3, 0.4) is 0 Å². The van der Waals surface area contributed by atoms with Gasteiger partial charge < -0.3 is 122 Å². The average molecular weight is 1110 g/mol. The van der Waals surface area contributed by atoms with Crippen LogP contribution in [0.5, 0.6) is 0 Å². The maximum Gasteiger partial charge on any atom is 0.407 e. The van der Waals surface area contributed by atoms with Gasteiger partial charge in [-0.25, -0.2) is 29.2 Å². The molecular formula is C45H78N10O22. The van der Waals surface area contributed by atoms with Crippen LogP contribution in [0.1, 0.15) is 40.0 Å². The molecule has 2 aliphatic heterocycles. The molecule has 77 heavy (non-hydrogen) atoms. The van der Waals surface area contributed by atoms with Crippen molar-refractivity contribution < 1.29 is 107 Å². The van der Waals surface area contributed by atoms with Crippen molar-refractivity contribution in [1.82, 2.24) is 21.3 Å². The number of rotatable bonds is 39. The zero-order valence-corrected chi connectivity index (χ0v) is 43.4. The number of hydrogen-bond donors (Lipinski definition) is 14. The molecule has 0 radical (unpaired) electrons. The highest BCUT2D eigenvalue weighted by molar-refractivity contribution is 5.86. The molecule has 0 saturated carbocycles. The second kappa shape index (κ2) is 37.4. The summed E-state index contributed by atoms with van der Waals surface area (Å²) >= 11 is 0. The maximum atomic E-state index is 13.3. The lowest BCUT2D eigenvalue weighted by Gasteiger charge is -2.40. The number of nitrogens with one attached hydrogen (secondary N) is 4. The molecule has 11 atom stereocenters. The lowest BCUT2D eigenvalue weighted by Crippen LogP contribution is -2.60. The number of carbonyl (C=O) groups excluding carboxylic acids is 4. The number of aliphatic hydroxyl groups is 4. The first-order valence-electron chi connectivity index (χ1n) is 24.7. The smallest absolute Gasteiger partial charge is 0.407 e. The Hall–Kier alpha value is -6.36. The third-order valence-corrected chi connectivity index (χ3v) is 10.9. The van der Waals surface area contributed by atoms with E-state index in [0.717, 1.165) is 19.4 Å². The number of aliphatic carboxylic acids is 2. The molecule has 440 valence electrons. The topological polar surface area (TPSA) is 493 Å². The van der Waals surface area contributed by atoms with Crippen LogP contribution < -0.4 is 44.2 Å². The summed E-state index contributed by atoms with van der Waals surface area (Å²) in [5.41, 5.74) is 22.1. The first kappa shape index (κ1) is 66.8. The van der Waals surface area contributed by atoms with Crippen LogP contribution in [0.4, 0.5) is 9.59 Å². The third kappa shape index (κ3) is 26.0. The monoisotopic (exact) mass is 1110 g/mol. The standard InChI is InChI=1S/C45H78N10O22/c1-4-9-68-11-13-70-15-16-71-14-12-69-10-8-50-39(61)27(55-45(67)75-20-18-72-36(30(59)23-56)35-25(2)28(53-42(46)47)21-32(76-35)40(62)63)6-5-7-51-44(66)74-19-17-73-37(31(60)24-57)38-34(52-26(3)58)29(54-43(48)49)22-33(77-38)41(64)65/h21-22,25,27-31,34-38,56-57,59-60H,4-20,23-24H2,1-3H3,(H,50,61)(H,51,66)(H,52,58)(H,55,67)(H,62,63)(H,64,65)(H4,46,47,53)(H4,48,49,54)/t25-,27-,28+,29+,30-,31-,34-,35-,36-,37-,38-/m1/s1. The fourth-order valence-electron chi connectivity index (χ4n) is 7.38. The molecule has 18 N–H and O–H groups in total. The lowest BCUT2D eigenvalue weighted by atomic mass is 9.87. The molecule has 0 aliphatic carbocycles. The van der Waals surface area contributed by atoms with Crippen LogP contribution in [-0.2, 0) is 66.5 Å². The van der Waals surface area contributed by atoms with E-state index in [1.54, 1.807) is 6.92 Å². The molecule has 2 heterocycles. The van der Waals surface area contributed by atoms with Crippen molar-refractivity contribution in [3.63, 3.8) is 0 Å². The first-order chi connectivity index (χ1) is 36.7. The molecule has 2 rings (SSSR count). The molecule has 0 aromatic heterocycles. The van der Waals surface area contributed by atoms with Gasteiger partial charge in [-0.2, -0.15) is 0 Å². The number of nitrogens with zero attached hydrogens (tertiary/aromatic N) is 2. The Bertz CT molecular complexity index is 1940. The summed E-state index contributed by atoms with van der Waals surface area (Å²) < 4.78 is 54.7. The highest BCUT2D eigenvalue weighted by Gasteiger charge is 2.46. The van der Waals surface area contributed by atoms with Gasteiger partial charge in [-0.3, -0.25) is 9.59 Å². The molecule has 0 bridgehead atoms. The normalized spacial score (nSPS) is 20.9. The number of carbonyl (C=O) groups is 6. The molecular weight excluding hydrogens is 1030 g/mol. The van der Waals surface area contributed by atoms with Gasteiger partial charge in [-0.15, -0.1) is 0 Å². The first-order valence-corrected chi connectivity index (χ1v) is 24.7. The van der Waals surface area contributed by atoms with E-state index < -0.39 is 160 Å². The van der Waals surface area contributed by atoms with Crippen molar-refractivity contribution in [2.24, 2.45) is 38.8 Å². The molecule has 4 amide bonds. The van der Waals surface area contributed by atoms with Gasteiger partial charge in [0.2, 0.25) is 23.3 Å². The zero-order valence-electron chi connectivity index (χ0n) is 43.4. The number of guanidine groups is 2. The van der Waals surface area contributed by atoms with E-state index in [1.165, 1.54) is 6.08 Å². The van der Waals surface area contributed by atoms with Gasteiger partial charge in [-0.05, 0) is 31.4 Å². The predicted molar refractivity (Wildman–Crippen MR) is 266 cm³/mol. The average Bonchev–Trinajstić information content (AvgIpc) is 3.37. The van der Waals surface area contributed by atoms with Gasteiger partial charge in [0.15, 0.2) is 18.0 Å². The molecule has 0 saturated heterocycles. The van der Waals surface area contributed by atoms with Crippen LogP contribution in [0.25, 0.3) is 0 Å². The van der Waals surface area contributed by atoms with Crippen molar-refractivity contribution in [2.75, 3.05) is 106 Å². The molecule has 0 fully saturated rings. The molecule has 0 spiro atoms. The van der Waals surface area contributed by atoms with Crippen molar-refractivity contribution in [3.8, 4) is 0 Å². The van der Waals surface area contributed by atoms with Crippen LogP contribution in [0, 0.1) is 5.92 Å². The molecule has 0 aromatic carbocycles. The van der Waals surface area contributed by atoms with Crippen molar-refractivity contribution >= 4 is 47.9 Å². The third-order valence-electron chi connectivity index (χ3n) is 10.9. The fraction of sp³-hybridized carbons (Fsp3) is 0.733. The minimum atomic E-state index is -1.71. The highest BCUT2D eigenvalue weighted by atomic mass is 16.6. The Morgan fingerprint density at radius 1 is 0.649 bits per heavy atom. The minimum Gasteiger partial charge on any atom is -0.480 e. The summed E-state index contributed by atoms with van der Waals surface area (Å²) in [7, 11) is 0. The van der Waals surface area contributed by atoms with Crippen molar-refractivity contribution in [1.29, 1.82) is 0 Å². The fourth-order valence-corrected chi connectivity index (χ4v) is 7.38. The van der Waals surface area contributed by atoms with Crippen LogP contribution in [-0.4, -0.2) is 245 Å². The number of hydrogen-bond acceptors (Lipinski definition) is 22. The van der Waals surface area contributed by atoms with E-state index in [2.05, 4.69) is 31.3 Å². The molecule has 0 unspecified atom stereocenters. The van der Waals surface area contributed by atoms with E-state index in [4.69, 9.17) is 70.3 Å². The molecule has 2 aliphatic rings. The SMILES string of the molecule is CCCOCCOCCOCCOCCNC(=O)[C@@H](CCCNC(=O)OCCO[C@@H]([C@@H]1OC(C(=O)O)=C[C@H](N=C(N)N)[C@H]1NC(C)=O)[C@H](O)CO)NC(=O)OCCO[C@@H]([C@@H]1OC(C(=O)O)=C[C@H](N=C(N)N)[C@H]1C)[C@H](O)CO. The molecule has 32 nitrogen and oxygen atoms in total. The number of nitrogens with two attached hydrogens (primary N) is 4. The summed E-state index contributed by atoms with van der Waals surface area (Å²) in [6.07, 6.45) is -7.80. The second-order valence-corrected chi connectivity index (χ2v) is 17.0. The maximum absolute atomic E-state index is 13.3. The quantitative estimate of drug-likeness (QED) is 0.0155. The number of carboxylic acid groups (broad SMARTS) is 2. The van der Waals surface area contributed by atoms with E-state index in [9.17, 15) is 59.4 Å². The lowest BCUT2D eigenvalue weighted by molar-refractivity contribution is -0.157. The number of aliphatic imine (C=N–C) groups is 2. The Kier molecular flexibility index (Phi) is 32.4. The molecule has 32 heteroatoms. The van der Waals surface area contributed by atoms with Gasteiger partial charge in [0.25, 0.3) is 0 Å². The summed E-state index contributed by atoms with van der Waals surface area (Å²) in [5.74, 6) is -6.92. The number of alkyl carbamates (subject to hydrolysis) is 2. The van der Waals surface area contributed by atoms with E-state index in [0.29, 0.717) is 33.0 Å². The van der Waals surface area contributed by atoms with Crippen molar-refractivity contribution in [3.05, 3.63) is 23.7 Å². The van der Waals surface area contributed by atoms with Crippen LogP contribution >= 0.6 is 0 Å². The zero-order chi connectivity index (χ0) is 57.3. The Morgan fingerprint density at radius 3 is 1.64 bits per heavy atom. The number of carboxylic acids is 2. The van der Waals surface area contributed by atoms with Gasteiger partial charge in [-0.1, -0.05) is 13.8 Å². The summed E-state index contributed by atoms with van der Waals surface area (Å²) in [4.78, 5) is 82.9. The van der Waals surface area contributed by atoms with Gasteiger partial charge in [0.05, 0.1) is 90.8 Å². The summed E-state index contributed by atoms with van der Waals surface area (Å²) in [6.45, 7) is 4.06. The summed E-state index contributed by atoms with van der Waals surface area (Å²) in [6, 6.07) is -4.55. The van der Waals surface area contributed by atoms with E-state index in [1.807, 2.05) is 6.92 Å². The minimum absolute atomic E-state index is 0.0255. The van der Waals surface area contributed by atoms with Gasteiger partial charge in [0, 0.05) is 32.5 Å². The summed E-state index contributed by atoms with van der Waals surface area (Å²) in [5, 5.41) is 70.3. The largest absolute Gasteiger partial charge is 0.480 e. The number of aliphatic hydroxyl groups excluding tert-OH is 4. The Labute approximate surface area is 444 Å². The van der Waals surface area contributed by atoms with Crippen LogP contribution in [0.2, 0.25) is 0 Å². The van der Waals surface area contributed by atoms with Crippen molar-refractivity contribution in [2.45, 2.75) is 101 Å². The Morgan fingerprint density at radius 2 is 1.13 bits per heavy atom. The Balaban J connectivity index is 2.02. The van der Waals surface area contributed by atoms with Gasteiger partial charge >= 0.3 is 24.1 Å². The number of amides is 4. The second-order valence-electron chi connectivity index (χ2n) is 17.0. The van der Waals surface area contributed by atoms with E-state index >= 15 is 0 Å². The highest BCUT2D eigenvalue weighted by Crippen LogP contribution is 2.31. The number of ether oxygens (including phenoxy) is 10. The van der Waals surface area contributed by atoms with Crippen LogP contribution in [0.15, 0.2) is 33.7 Å².